The Labute approximate surface area is 95.7 Å². The number of carbonyl (C=O) groups is 1. The molecule has 0 bridgehead atoms. The van der Waals surface area contributed by atoms with Gasteiger partial charge in [0.1, 0.15) is 5.75 Å². The van der Waals surface area contributed by atoms with Gasteiger partial charge in [0.15, 0.2) is 5.78 Å². The SMILES string of the molecule is CCN(CC(=O)c1ccc(O)cc1)C1CC1. The van der Waals surface area contributed by atoms with E-state index >= 15 is 0 Å². The summed E-state index contributed by atoms with van der Waals surface area (Å²) in [4.78, 5) is 14.2. The van der Waals surface area contributed by atoms with Gasteiger partial charge in [0, 0.05) is 11.6 Å². The van der Waals surface area contributed by atoms with E-state index in [2.05, 4.69) is 11.8 Å². The average molecular weight is 219 g/mol. The van der Waals surface area contributed by atoms with Crippen LogP contribution < -0.4 is 0 Å². The lowest BCUT2D eigenvalue weighted by atomic mass is 10.1. The molecule has 1 aromatic carbocycles. The van der Waals surface area contributed by atoms with Crippen LogP contribution in [-0.2, 0) is 0 Å². The molecular formula is C13H17NO2. The van der Waals surface area contributed by atoms with Gasteiger partial charge in [-0.1, -0.05) is 6.92 Å². The molecule has 1 saturated carbocycles. The van der Waals surface area contributed by atoms with Gasteiger partial charge < -0.3 is 5.11 Å². The second-order valence-corrected chi connectivity index (χ2v) is 4.26. The van der Waals surface area contributed by atoms with Gasteiger partial charge in [-0.15, -0.1) is 0 Å². The lowest BCUT2D eigenvalue weighted by Crippen LogP contribution is -2.31. The third kappa shape index (κ3) is 2.61. The molecule has 0 spiro atoms. The fourth-order valence-electron chi connectivity index (χ4n) is 1.86. The molecule has 1 N–H and O–H groups in total. The number of carbonyl (C=O) groups excluding carboxylic acids is 1. The lowest BCUT2D eigenvalue weighted by molar-refractivity contribution is 0.0928. The highest BCUT2D eigenvalue weighted by atomic mass is 16.3. The van der Waals surface area contributed by atoms with Crippen LogP contribution in [0.1, 0.15) is 30.1 Å². The Morgan fingerprint density at radius 3 is 2.50 bits per heavy atom. The maximum Gasteiger partial charge on any atom is 0.176 e. The van der Waals surface area contributed by atoms with Crippen LogP contribution in [0.5, 0.6) is 5.75 Å². The van der Waals surface area contributed by atoms with Crippen molar-refractivity contribution in [2.24, 2.45) is 0 Å². The lowest BCUT2D eigenvalue weighted by Gasteiger charge is -2.18. The Balaban J connectivity index is 1.98. The summed E-state index contributed by atoms with van der Waals surface area (Å²) in [5.41, 5.74) is 0.678. The Kier molecular flexibility index (Phi) is 3.25. The van der Waals surface area contributed by atoms with Gasteiger partial charge in [-0.25, -0.2) is 0 Å². The van der Waals surface area contributed by atoms with Crippen molar-refractivity contribution in [2.45, 2.75) is 25.8 Å². The van der Waals surface area contributed by atoms with Crippen molar-refractivity contribution >= 4 is 5.78 Å². The van der Waals surface area contributed by atoms with Gasteiger partial charge in [0.2, 0.25) is 0 Å². The number of hydrogen-bond acceptors (Lipinski definition) is 3. The first-order valence-electron chi connectivity index (χ1n) is 5.77. The molecule has 86 valence electrons. The van der Waals surface area contributed by atoms with E-state index in [-0.39, 0.29) is 11.5 Å². The first-order valence-corrected chi connectivity index (χ1v) is 5.77. The van der Waals surface area contributed by atoms with Crippen LogP contribution in [0.25, 0.3) is 0 Å². The molecule has 0 amide bonds. The standard InChI is InChI=1S/C13H17NO2/c1-2-14(11-5-6-11)9-13(16)10-3-7-12(15)8-4-10/h3-4,7-8,11,15H,2,5-6,9H2,1H3. The Morgan fingerprint density at radius 2 is 2.00 bits per heavy atom. The van der Waals surface area contributed by atoms with E-state index in [1.165, 1.54) is 12.8 Å². The van der Waals surface area contributed by atoms with Gasteiger partial charge in [-0.2, -0.15) is 0 Å². The zero-order valence-electron chi connectivity index (χ0n) is 9.52. The average Bonchev–Trinajstić information content (AvgIpc) is 3.10. The van der Waals surface area contributed by atoms with Crippen LogP contribution in [-0.4, -0.2) is 34.9 Å². The van der Waals surface area contributed by atoms with Crippen molar-refractivity contribution < 1.29 is 9.90 Å². The van der Waals surface area contributed by atoms with Crippen molar-refractivity contribution in [3.8, 4) is 5.75 Å². The molecule has 0 aromatic heterocycles. The molecule has 3 nitrogen and oxygen atoms in total. The molecule has 0 saturated heterocycles. The minimum Gasteiger partial charge on any atom is -0.508 e. The smallest absolute Gasteiger partial charge is 0.176 e. The van der Waals surface area contributed by atoms with Crippen molar-refractivity contribution in [1.29, 1.82) is 0 Å². The maximum absolute atomic E-state index is 11.9. The van der Waals surface area contributed by atoms with Crippen LogP contribution in [0.4, 0.5) is 0 Å². The van der Waals surface area contributed by atoms with Crippen molar-refractivity contribution in [3.63, 3.8) is 0 Å². The van der Waals surface area contributed by atoms with Gasteiger partial charge in [0.25, 0.3) is 0 Å². The van der Waals surface area contributed by atoms with Crippen molar-refractivity contribution in [3.05, 3.63) is 29.8 Å². The van der Waals surface area contributed by atoms with E-state index in [1.807, 2.05) is 0 Å². The zero-order chi connectivity index (χ0) is 11.5. The fraction of sp³-hybridized carbons (Fsp3) is 0.462. The number of aromatic hydroxyl groups is 1. The second-order valence-electron chi connectivity index (χ2n) is 4.26. The zero-order valence-corrected chi connectivity index (χ0v) is 9.52. The number of phenols is 1. The van der Waals surface area contributed by atoms with Gasteiger partial charge in [-0.05, 0) is 43.7 Å². The Hall–Kier alpha value is -1.35. The largest absolute Gasteiger partial charge is 0.508 e. The molecule has 1 aliphatic carbocycles. The molecular weight excluding hydrogens is 202 g/mol. The van der Waals surface area contributed by atoms with Crippen molar-refractivity contribution in [2.75, 3.05) is 13.1 Å². The Morgan fingerprint density at radius 1 is 1.38 bits per heavy atom. The quantitative estimate of drug-likeness (QED) is 0.771. The van der Waals surface area contributed by atoms with E-state index in [0.717, 1.165) is 6.54 Å². The second kappa shape index (κ2) is 4.66. The molecule has 0 aliphatic heterocycles. The number of rotatable bonds is 5. The minimum atomic E-state index is 0.133. The van der Waals surface area contributed by atoms with Crippen LogP contribution in [0, 0.1) is 0 Å². The summed E-state index contributed by atoms with van der Waals surface area (Å²) in [5.74, 6) is 0.333. The number of Topliss-reactive ketones (excluding diaryl/α,β-unsaturated/α-hetero) is 1. The molecule has 1 aliphatic rings. The van der Waals surface area contributed by atoms with Gasteiger partial charge >= 0.3 is 0 Å². The molecule has 2 rings (SSSR count). The number of ketones is 1. The molecule has 0 unspecified atom stereocenters. The highest BCUT2D eigenvalue weighted by molar-refractivity contribution is 5.97. The van der Waals surface area contributed by atoms with Crippen LogP contribution in [0.3, 0.4) is 0 Å². The topological polar surface area (TPSA) is 40.5 Å². The summed E-state index contributed by atoms with van der Waals surface area (Å²) < 4.78 is 0. The van der Waals surface area contributed by atoms with E-state index in [4.69, 9.17) is 5.11 Å². The highest BCUT2D eigenvalue weighted by Crippen LogP contribution is 2.26. The molecule has 1 aromatic rings. The summed E-state index contributed by atoms with van der Waals surface area (Å²) in [6.45, 7) is 3.50. The third-order valence-corrected chi connectivity index (χ3v) is 3.01. The predicted octanol–water partition coefficient (Wildman–Crippen LogP) is 2.06. The molecule has 3 heteroatoms. The Bertz CT molecular complexity index is 368. The minimum absolute atomic E-state index is 0.133. The predicted molar refractivity (Wildman–Crippen MR) is 62.7 cm³/mol. The number of nitrogens with zero attached hydrogens (tertiary/aromatic N) is 1. The third-order valence-electron chi connectivity index (χ3n) is 3.01. The maximum atomic E-state index is 11.9. The molecule has 0 heterocycles. The van der Waals surface area contributed by atoms with Gasteiger partial charge in [0.05, 0.1) is 6.54 Å². The monoisotopic (exact) mass is 219 g/mol. The normalized spacial score (nSPS) is 15.4. The van der Waals surface area contributed by atoms with E-state index < -0.39 is 0 Å². The first-order chi connectivity index (χ1) is 7.70. The van der Waals surface area contributed by atoms with Gasteiger partial charge in [-0.3, -0.25) is 9.69 Å². The first kappa shape index (κ1) is 11.1. The summed E-state index contributed by atoms with van der Waals surface area (Å²) in [5, 5.41) is 9.14. The summed E-state index contributed by atoms with van der Waals surface area (Å²) in [6.07, 6.45) is 2.44. The van der Waals surface area contributed by atoms with Crippen molar-refractivity contribution in [1.82, 2.24) is 4.90 Å². The molecule has 0 radical (unpaired) electrons. The molecule has 0 atom stereocenters. The number of hydrogen-bond donors (Lipinski definition) is 1. The van der Waals surface area contributed by atoms with Crippen LogP contribution in [0.2, 0.25) is 0 Å². The fourth-order valence-corrected chi connectivity index (χ4v) is 1.86. The number of likely N-dealkylation sites (N-methyl/N-ethyl adjacent to an activating group) is 1. The molecule has 1 fully saturated rings. The highest BCUT2D eigenvalue weighted by Gasteiger charge is 2.29. The summed E-state index contributed by atoms with van der Waals surface area (Å²) >= 11 is 0. The van der Waals surface area contributed by atoms with E-state index in [9.17, 15) is 4.79 Å². The number of phenolic OH excluding ortho intramolecular Hbond substituents is 1. The van der Waals surface area contributed by atoms with E-state index in [0.29, 0.717) is 18.2 Å². The summed E-state index contributed by atoms with van der Waals surface area (Å²) in [6, 6.07) is 7.09. The van der Waals surface area contributed by atoms with Crippen LogP contribution in [0.15, 0.2) is 24.3 Å². The van der Waals surface area contributed by atoms with Crippen LogP contribution >= 0.6 is 0 Å². The summed E-state index contributed by atoms with van der Waals surface area (Å²) in [7, 11) is 0. The van der Waals surface area contributed by atoms with E-state index in [1.54, 1.807) is 24.3 Å². The molecule has 16 heavy (non-hydrogen) atoms. The number of benzene rings is 1.